The van der Waals surface area contributed by atoms with Crippen molar-refractivity contribution >= 4 is 16.7 Å². The molecule has 0 saturated carbocycles. The van der Waals surface area contributed by atoms with Crippen LogP contribution in [0, 0.1) is 0 Å². The van der Waals surface area contributed by atoms with Crippen LogP contribution in [0.3, 0.4) is 0 Å². The van der Waals surface area contributed by atoms with Crippen molar-refractivity contribution in [2.24, 2.45) is 0 Å². The number of rotatable bonds is 5. The minimum atomic E-state index is -0.0518. The molecule has 3 aromatic rings. The number of anilines is 1. The van der Waals surface area contributed by atoms with Gasteiger partial charge < -0.3 is 15.4 Å². The molecular formula is C16H17N3O. The Hall–Kier alpha value is -2.33. The summed E-state index contributed by atoms with van der Waals surface area (Å²) in [4.78, 5) is 7.48. The minimum absolute atomic E-state index is 0.0518. The lowest BCUT2D eigenvalue weighted by molar-refractivity contribution is 0.273. The summed E-state index contributed by atoms with van der Waals surface area (Å²) in [5.74, 6) is 0.784. The summed E-state index contributed by atoms with van der Waals surface area (Å²) < 4.78 is 0. The molecule has 102 valence electrons. The topological polar surface area (TPSA) is 60.9 Å². The molecule has 2 heterocycles. The van der Waals surface area contributed by atoms with E-state index >= 15 is 0 Å². The van der Waals surface area contributed by atoms with Crippen molar-refractivity contribution in [3.05, 3.63) is 60.4 Å². The highest BCUT2D eigenvalue weighted by Gasteiger charge is 2.12. The maximum atomic E-state index is 9.56. The average Bonchev–Trinajstić information content (AvgIpc) is 2.91. The van der Waals surface area contributed by atoms with Crippen LogP contribution in [0.1, 0.15) is 5.56 Å². The Labute approximate surface area is 117 Å². The maximum Gasteiger partial charge on any atom is 0.126 e. The number of aromatic nitrogens is 2. The fourth-order valence-electron chi connectivity index (χ4n) is 2.38. The van der Waals surface area contributed by atoms with Crippen LogP contribution in [0.15, 0.2) is 54.9 Å². The molecule has 3 rings (SSSR count). The van der Waals surface area contributed by atoms with E-state index in [0.29, 0.717) is 0 Å². The van der Waals surface area contributed by atoms with Crippen LogP contribution >= 0.6 is 0 Å². The number of para-hydroxylation sites is 1. The second-order valence-corrected chi connectivity index (χ2v) is 4.80. The number of aliphatic hydroxyl groups excluding tert-OH is 1. The summed E-state index contributed by atoms with van der Waals surface area (Å²) in [6, 6.07) is 13.8. The van der Waals surface area contributed by atoms with E-state index in [1.165, 1.54) is 10.9 Å². The predicted molar refractivity (Wildman–Crippen MR) is 80.7 cm³/mol. The Bertz CT molecular complexity index is 678. The van der Waals surface area contributed by atoms with Crippen LogP contribution in [0.2, 0.25) is 0 Å². The number of aliphatic hydroxyl groups is 1. The molecule has 0 saturated heterocycles. The van der Waals surface area contributed by atoms with Crippen LogP contribution in [-0.2, 0) is 6.42 Å². The van der Waals surface area contributed by atoms with Gasteiger partial charge in [-0.25, -0.2) is 4.98 Å². The van der Waals surface area contributed by atoms with Gasteiger partial charge in [0.1, 0.15) is 5.82 Å². The van der Waals surface area contributed by atoms with Crippen molar-refractivity contribution in [1.82, 2.24) is 9.97 Å². The average molecular weight is 267 g/mol. The van der Waals surface area contributed by atoms with Crippen LogP contribution in [-0.4, -0.2) is 27.7 Å². The second kappa shape index (κ2) is 5.75. The number of hydrogen-bond acceptors (Lipinski definition) is 3. The summed E-state index contributed by atoms with van der Waals surface area (Å²) in [7, 11) is 0. The molecule has 4 nitrogen and oxygen atoms in total. The molecule has 0 bridgehead atoms. The molecule has 0 fully saturated rings. The standard InChI is InChI=1S/C16H17N3O/c20-11-13(19-16-7-3-4-8-17-16)9-12-10-18-15-6-2-1-5-14(12)15/h1-8,10,13,18,20H,9,11H2,(H,17,19). The fraction of sp³-hybridized carbons (Fsp3) is 0.188. The van der Waals surface area contributed by atoms with E-state index < -0.39 is 0 Å². The van der Waals surface area contributed by atoms with Gasteiger partial charge in [-0.1, -0.05) is 24.3 Å². The first-order chi connectivity index (χ1) is 9.86. The van der Waals surface area contributed by atoms with Gasteiger partial charge in [-0.05, 0) is 30.2 Å². The van der Waals surface area contributed by atoms with Crippen LogP contribution in [0.4, 0.5) is 5.82 Å². The first kappa shape index (κ1) is 12.7. The number of pyridine rings is 1. The van der Waals surface area contributed by atoms with Gasteiger partial charge in [-0.15, -0.1) is 0 Å². The lowest BCUT2D eigenvalue weighted by Gasteiger charge is -2.16. The highest BCUT2D eigenvalue weighted by molar-refractivity contribution is 5.83. The molecule has 1 aromatic carbocycles. The summed E-state index contributed by atoms with van der Waals surface area (Å²) in [5.41, 5.74) is 2.32. The highest BCUT2D eigenvalue weighted by atomic mass is 16.3. The van der Waals surface area contributed by atoms with E-state index in [9.17, 15) is 5.11 Å². The Balaban J connectivity index is 1.78. The number of aromatic amines is 1. The first-order valence-corrected chi connectivity index (χ1v) is 6.70. The Morgan fingerprint density at radius 1 is 1.15 bits per heavy atom. The molecule has 0 aliphatic rings. The van der Waals surface area contributed by atoms with E-state index in [4.69, 9.17) is 0 Å². The smallest absolute Gasteiger partial charge is 0.126 e. The van der Waals surface area contributed by atoms with Gasteiger partial charge in [0, 0.05) is 23.3 Å². The molecule has 0 aliphatic heterocycles. The van der Waals surface area contributed by atoms with Crippen molar-refractivity contribution in [3.63, 3.8) is 0 Å². The van der Waals surface area contributed by atoms with Gasteiger partial charge in [0.2, 0.25) is 0 Å². The largest absolute Gasteiger partial charge is 0.394 e. The number of fused-ring (bicyclic) bond motifs is 1. The third-order valence-corrected chi connectivity index (χ3v) is 3.38. The van der Waals surface area contributed by atoms with Gasteiger partial charge in [0.15, 0.2) is 0 Å². The fourth-order valence-corrected chi connectivity index (χ4v) is 2.38. The first-order valence-electron chi connectivity index (χ1n) is 6.70. The summed E-state index contributed by atoms with van der Waals surface area (Å²) >= 11 is 0. The predicted octanol–water partition coefficient (Wildman–Crippen LogP) is 2.58. The van der Waals surface area contributed by atoms with Gasteiger partial charge in [0.25, 0.3) is 0 Å². The van der Waals surface area contributed by atoms with Gasteiger partial charge in [0.05, 0.1) is 12.6 Å². The molecule has 4 heteroatoms. The lowest BCUT2D eigenvalue weighted by Crippen LogP contribution is -2.26. The number of nitrogens with one attached hydrogen (secondary N) is 2. The zero-order chi connectivity index (χ0) is 13.8. The molecule has 0 radical (unpaired) electrons. The molecule has 1 atom stereocenters. The summed E-state index contributed by atoms with van der Waals surface area (Å²) in [6.07, 6.45) is 4.49. The quantitative estimate of drug-likeness (QED) is 0.666. The van der Waals surface area contributed by atoms with E-state index in [-0.39, 0.29) is 12.6 Å². The number of H-pyrrole nitrogens is 1. The minimum Gasteiger partial charge on any atom is -0.394 e. The number of benzene rings is 1. The van der Waals surface area contributed by atoms with E-state index in [1.54, 1.807) is 6.20 Å². The maximum absolute atomic E-state index is 9.56. The van der Waals surface area contributed by atoms with Crippen LogP contribution < -0.4 is 5.32 Å². The van der Waals surface area contributed by atoms with E-state index in [1.807, 2.05) is 36.5 Å². The molecule has 0 aliphatic carbocycles. The van der Waals surface area contributed by atoms with Crippen molar-refractivity contribution in [1.29, 1.82) is 0 Å². The summed E-state index contributed by atoms with van der Waals surface area (Å²) in [5, 5.41) is 14.0. The third-order valence-electron chi connectivity index (χ3n) is 3.38. The second-order valence-electron chi connectivity index (χ2n) is 4.80. The SMILES string of the molecule is OCC(Cc1c[nH]c2ccccc12)Nc1ccccn1. The van der Waals surface area contributed by atoms with Crippen molar-refractivity contribution in [2.45, 2.75) is 12.5 Å². The van der Waals surface area contributed by atoms with Crippen LogP contribution in [0.25, 0.3) is 10.9 Å². The molecule has 0 amide bonds. The van der Waals surface area contributed by atoms with Gasteiger partial charge in [-0.3, -0.25) is 0 Å². The third kappa shape index (κ3) is 2.65. The molecule has 0 spiro atoms. The van der Waals surface area contributed by atoms with Crippen LogP contribution in [0.5, 0.6) is 0 Å². The van der Waals surface area contributed by atoms with Gasteiger partial charge in [-0.2, -0.15) is 0 Å². The Morgan fingerprint density at radius 2 is 2.00 bits per heavy atom. The van der Waals surface area contributed by atoms with Crippen molar-refractivity contribution in [2.75, 3.05) is 11.9 Å². The van der Waals surface area contributed by atoms with E-state index in [0.717, 1.165) is 17.8 Å². The molecule has 20 heavy (non-hydrogen) atoms. The summed E-state index contributed by atoms with van der Waals surface area (Å²) in [6.45, 7) is 0.0656. The van der Waals surface area contributed by atoms with Gasteiger partial charge >= 0.3 is 0 Å². The number of nitrogens with zero attached hydrogens (tertiary/aromatic N) is 1. The number of hydrogen-bond donors (Lipinski definition) is 3. The Kier molecular flexibility index (Phi) is 3.65. The van der Waals surface area contributed by atoms with Crippen molar-refractivity contribution < 1.29 is 5.11 Å². The van der Waals surface area contributed by atoms with Crippen molar-refractivity contribution in [3.8, 4) is 0 Å². The highest BCUT2D eigenvalue weighted by Crippen LogP contribution is 2.19. The Morgan fingerprint density at radius 3 is 2.80 bits per heavy atom. The molecule has 3 N–H and O–H groups in total. The normalized spacial score (nSPS) is 12.4. The van der Waals surface area contributed by atoms with E-state index in [2.05, 4.69) is 27.4 Å². The lowest BCUT2D eigenvalue weighted by atomic mass is 10.1. The molecular weight excluding hydrogens is 250 g/mol. The monoisotopic (exact) mass is 267 g/mol. The molecule has 2 aromatic heterocycles. The zero-order valence-corrected chi connectivity index (χ0v) is 11.1. The zero-order valence-electron chi connectivity index (χ0n) is 11.1. The molecule has 1 unspecified atom stereocenters.